The van der Waals surface area contributed by atoms with Gasteiger partial charge in [0, 0.05) is 11.3 Å². The first-order valence-corrected chi connectivity index (χ1v) is 7.35. The number of aliphatic hydroxyl groups is 1. The van der Waals surface area contributed by atoms with Crippen molar-refractivity contribution in [2.75, 3.05) is 18.1 Å². The highest BCUT2D eigenvalue weighted by Gasteiger charge is 2.10. The first-order chi connectivity index (χ1) is 8.00. The lowest BCUT2D eigenvalue weighted by molar-refractivity contribution is 0.266. The Morgan fingerprint density at radius 3 is 2.65 bits per heavy atom. The number of aryl methyl sites for hydroxylation is 1. The molecular weight excluding hydrogens is 240 g/mol. The molecule has 0 atom stereocenters. The van der Waals surface area contributed by atoms with Gasteiger partial charge in [-0.3, -0.25) is 0 Å². The van der Waals surface area contributed by atoms with Crippen LogP contribution in [0.1, 0.15) is 18.1 Å². The van der Waals surface area contributed by atoms with Crippen LogP contribution in [0.5, 0.6) is 5.75 Å². The normalized spacial score (nSPS) is 11.5. The average molecular weight is 258 g/mol. The molecule has 96 valence electrons. The summed E-state index contributed by atoms with van der Waals surface area (Å²) in [7, 11) is -3.01. The number of benzene rings is 1. The summed E-state index contributed by atoms with van der Waals surface area (Å²) >= 11 is 0. The van der Waals surface area contributed by atoms with Gasteiger partial charge in [-0.1, -0.05) is 25.1 Å². The predicted molar refractivity (Wildman–Crippen MR) is 66.9 cm³/mol. The molecule has 0 unspecified atom stereocenters. The zero-order valence-electron chi connectivity index (χ0n) is 10.1. The molecule has 0 radical (unpaired) electrons. The van der Waals surface area contributed by atoms with Gasteiger partial charge in [-0.25, -0.2) is 8.42 Å². The molecule has 0 saturated heterocycles. The molecule has 1 aromatic carbocycles. The van der Waals surface area contributed by atoms with Crippen molar-refractivity contribution in [1.82, 2.24) is 0 Å². The third-order valence-electron chi connectivity index (χ3n) is 2.54. The number of hydrogen-bond donors (Lipinski definition) is 1. The van der Waals surface area contributed by atoms with E-state index in [1.807, 2.05) is 19.1 Å². The Balaban J connectivity index is 2.70. The van der Waals surface area contributed by atoms with Gasteiger partial charge in [0.25, 0.3) is 0 Å². The molecule has 0 aliphatic heterocycles. The van der Waals surface area contributed by atoms with E-state index in [2.05, 4.69) is 0 Å². The van der Waals surface area contributed by atoms with Gasteiger partial charge in [-0.05, 0) is 12.5 Å². The van der Waals surface area contributed by atoms with Gasteiger partial charge in [0.05, 0.1) is 12.4 Å². The number of para-hydroxylation sites is 1. The summed E-state index contributed by atoms with van der Waals surface area (Å²) < 4.78 is 28.1. The number of sulfone groups is 1. The van der Waals surface area contributed by atoms with Crippen molar-refractivity contribution < 1.29 is 18.3 Å². The zero-order chi connectivity index (χ0) is 12.9. The molecule has 0 amide bonds. The quantitative estimate of drug-likeness (QED) is 0.835. The Labute approximate surface area is 102 Å². The topological polar surface area (TPSA) is 63.6 Å². The summed E-state index contributed by atoms with van der Waals surface area (Å²) in [6.07, 6.45) is 0. The largest absolute Gasteiger partial charge is 0.492 e. The van der Waals surface area contributed by atoms with E-state index in [-0.39, 0.29) is 24.7 Å². The highest BCUT2D eigenvalue weighted by atomic mass is 32.2. The summed E-state index contributed by atoms with van der Waals surface area (Å²) in [5, 5.41) is 9.15. The molecule has 1 rings (SSSR count). The molecule has 17 heavy (non-hydrogen) atoms. The van der Waals surface area contributed by atoms with E-state index in [4.69, 9.17) is 9.84 Å². The molecular formula is C12H18O4S. The minimum absolute atomic E-state index is 0.00268. The van der Waals surface area contributed by atoms with E-state index in [0.717, 1.165) is 5.56 Å². The Hall–Kier alpha value is -1.07. The van der Waals surface area contributed by atoms with E-state index in [1.54, 1.807) is 13.0 Å². The van der Waals surface area contributed by atoms with Crippen molar-refractivity contribution >= 4 is 9.84 Å². The molecule has 0 aliphatic carbocycles. The van der Waals surface area contributed by atoms with Gasteiger partial charge >= 0.3 is 0 Å². The lowest BCUT2D eigenvalue weighted by Crippen LogP contribution is -2.16. The summed E-state index contributed by atoms with van der Waals surface area (Å²) in [5.74, 6) is 0.709. The van der Waals surface area contributed by atoms with Crippen LogP contribution in [0.4, 0.5) is 0 Å². The minimum atomic E-state index is -3.01. The van der Waals surface area contributed by atoms with E-state index in [9.17, 15) is 8.42 Å². The molecule has 0 aliphatic rings. The maximum absolute atomic E-state index is 11.3. The number of aliphatic hydroxyl groups excluding tert-OH is 1. The molecule has 0 fully saturated rings. The van der Waals surface area contributed by atoms with Crippen LogP contribution in [-0.2, 0) is 16.4 Å². The lowest BCUT2D eigenvalue weighted by atomic mass is 10.1. The van der Waals surface area contributed by atoms with Crippen LogP contribution in [0.25, 0.3) is 0 Å². The van der Waals surface area contributed by atoms with Gasteiger partial charge < -0.3 is 9.84 Å². The maximum atomic E-state index is 11.3. The zero-order valence-corrected chi connectivity index (χ0v) is 11.0. The van der Waals surface area contributed by atoms with E-state index in [1.165, 1.54) is 0 Å². The highest BCUT2D eigenvalue weighted by Crippen LogP contribution is 2.23. The molecule has 0 aromatic heterocycles. The molecule has 1 aromatic rings. The van der Waals surface area contributed by atoms with Crippen LogP contribution in [-0.4, -0.2) is 31.6 Å². The first-order valence-electron chi connectivity index (χ1n) is 5.52. The lowest BCUT2D eigenvalue weighted by Gasteiger charge is -2.12. The first kappa shape index (κ1) is 14.0. The Kier molecular flexibility index (Phi) is 4.96. The maximum Gasteiger partial charge on any atom is 0.153 e. The molecule has 4 nitrogen and oxygen atoms in total. The number of hydrogen-bond acceptors (Lipinski definition) is 4. The molecule has 1 N–H and O–H groups in total. The van der Waals surface area contributed by atoms with Crippen LogP contribution in [0.2, 0.25) is 0 Å². The van der Waals surface area contributed by atoms with Crippen LogP contribution in [0.3, 0.4) is 0 Å². The third-order valence-corrected chi connectivity index (χ3v) is 4.21. The van der Waals surface area contributed by atoms with Crippen molar-refractivity contribution in [1.29, 1.82) is 0 Å². The third kappa shape index (κ3) is 4.02. The van der Waals surface area contributed by atoms with Crippen LogP contribution in [0.15, 0.2) is 18.2 Å². The number of ether oxygens (including phenoxy) is 1. The summed E-state index contributed by atoms with van der Waals surface area (Å²) in [5.41, 5.74) is 1.57. The average Bonchev–Trinajstić information content (AvgIpc) is 2.31. The fourth-order valence-corrected chi connectivity index (χ4v) is 2.09. The smallest absolute Gasteiger partial charge is 0.153 e. The van der Waals surface area contributed by atoms with Crippen LogP contribution in [0, 0.1) is 6.92 Å². The minimum Gasteiger partial charge on any atom is -0.492 e. The fraction of sp³-hybridized carbons (Fsp3) is 0.500. The van der Waals surface area contributed by atoms with Crippen molar-refractivity contribution in [2.24, 2.45) is 0 Å². The molecule has 0 saturated carbocycles. The van der Waals surface area contributed by atoms with Gasteiger partial charge in [0.15, 0.2) is 9.84 Å². The Morgan fingerprint density at radius 1 is 1.35 bits per heavy atom. The SMILES string of the molecule is CCS(=O)(=O)CCOc1c(C)cccc1CO. The molecule has 0 heterocycles. The van der Waals surface area contributed by atoms with E-state index in [0.29, 0.717) is 11.3 Å². The van der Waals surface area contributed by atoms with Crippen molar-refractivity contribution in [3.8, 4) is 5.75 Å². The van der Waals surface area contributed by atoms with E-state index >= 15 is 0 Å². The van der Waals surface area contributed by atoms with Crippen molar-refractivity contribution in [2.45, 2.75) is 20.5 Å². The van der Waals surface area contributed by atoms with Gasteiger partial charge in [-0.2, -0.15) is 0 Å². The van der Waals surface area contributed by atoms with Gasteiger partial charge in [0.2, 0.25) is 0 Å². The highest BCUT2D eigenvalue weighted by molar-refractivity contribution is 7.91. The standard InChI is InChI=1S/C12H18O4S/c1-3-17(14,15)8-7-16-12-10(2)5-4-6-11(12)9-13/h4-6,13H,3,7-9H2,1-2H3. The summed E-state index contributed by atoms with van der Waals surface area (Å²) in [6, 6.07) is 5.45. The Bertz CT molecular complexity index is 465. The van der Waals surface area contributed by atoms with Crippen LogP contribution < -0.4 is 4.74 Å². The van der Waals surface area contributed by atoms with E-state index < -0.39 is 9.84 Å². The molecule has 0 spiro atoms. The van der Waals surface area contributed by atoms with Crippen molar-refractivity contribution in [3.05, 3.63) is 29.3 Å². The Morgan fingerprint density at radius 2 is 2.06 bits per heavy atom. The fourth-order valence-electron chi connectivity index (χ4n) is 1.46. The number of rotatable bonds is 6. The van der Waals surface area contributed by atoms with Gasteiger partial charge in [0.1, 0.15) is 12.4 Å². The second-order valence-electron chi connectivity index (χ2n) is 3.81. The van der Waals surface area contributed by atoms with Crippen molar-refractivity contribution in [3.63, 3.8) is 0 Å². The monoisotopic (exact) mass is 258 g/mol. The summed E-state index contributed by atoms with van der Waals surface area (Å²) in [6.45, 7) is 3.48. The van der Waals surface area contributed by atoms with Crippen LogP contribution >= 0.6 is 0 Å². The predicted octanol–water partition coefficient (Wildman–Crippen LogP) is 1.30. The molecule has 5 heteroatoms. The van der Waals surface area contributed by atoms with Gasteiger partial charge in [-0.15, -0.1) is 0 Å². The second-order valence-corrected chi connectivity index (χ2v) is 6.28. The summed E-state index contributed by atoms with van der Waals surface area (Å²) in [4.78, 5) is 0. The molecule has 0 bridgehead atoms. The second kappa shape index (κ2) is 6.02.